The Balaban J connectivity index is 1.42. The molecule has 0 bridgehead atoms. The minimum Gasteiger partial charge on any atom is -0.465 e. The predicted molar refractivity (Wildman–Crippen MR) is 208 cm³/mol. The van der Waals surface area contributed by atoms with Crippen molar-refractivity contribution in [2.45, 2.75) is 123 Å². The molecule has 0 aliphatic heterocycles. The molecule has 1 aromatic rings. The van der Waals surface area contributed by atoms with Gasteiger partial charge < -0.3 is 45.3 Å². The molecular weight excluding hydrogens is 704 g/mol. The first kappa shape index (κ1) is 44.6. The molecule has 308 valence electrons. The lowest BCUT2D eigenvalue weighted by Crippen LogP contribution is -2.52. The topological polar surface area (TPSA) is 187 Å². The van der Waals surface area contributed by atoms with Crippen molar-refractivity contribution in [1.29, 1.82) is 0 Å². The molecule has 0 aromatic heterocycles. The Hall–Kier alpha value is -3.13. The first-order chi connectivity index (χ1) is 26.1. The average Bonchev–Trinajstić information content (AvgIpc) is 3.64. The molecule has 12 heteroatoms. The molecule has 1 aromatic carbocycles. The maximum atomic E-state index is 13.2. The van der Waals surface area contributed by atoms with Crippen LogP contribution in [-0.4, -0.2) is 103 Å². The zero-order chi connectivity index (χ0) is 40.4. The lowest BCUT2D eigenvalue weighted by atomic mass is 9.68. The largest absolute Gasteiger partial charge is 0.465 e. The summed E-state index contributed by atoms with van der Waals surface area (Å²) in [6, 6.07) is 7.54. The van der Waals surface area contributed by atoms with E-state index >= 15 is 0 Å². The van der Waals surface area contributed by atoms with Gasteiger partial charge in [-0.05, 0) is 80.8 Å². The number of nitrogens with two attached hydrogens (primary N) is 1. The molecule has 55 heavy (non-hydrogen) atoms. The molecular formula is C43H66N2O10. The van der Waals surface area contributed by atoms with Crippen molar-refractivity contribution in [2.24, 2.45) is 40.7 Å². The van der Waals surface area contributed by atoms with Gasteiger partial charge in [-0.1, -0.05) is 75.2 Å². The highest BCUT2D eigenvalue weighted by molar-refractivity contribution is 5.87. The number of aliphatic hydroxyl groups excluding tert-OH is 3. The maximum Gasteiger partial charge on any atom is 0.328 e. The van der Waals surface area contributed by atoms with E-state index in [2.05, 4.69) is 18.3 Å². The molecule has 0 unspecified atom stereocenters. The van der Waals surface area contributed by atoms with Gasteiger partial charge in [-0.15, -0.1) is 0 Å². The Kier molecular flexibility index (Phi) is 16.5. The average molecular weight is 771 g/mol. The summed E-state index contributed by atoms with van der Waals surface area (Å²) in [5, 5.41) is 37.1. The van der Waals surface area contributed by atoms with Crippen LogP contribution in [0.4, 0.5) is 0 Å². The van der Waals surface area contributed by atoms with Crippen molar-refractivity contribution < 1.29 is 48.7 Å². The second-order valence-corrected chi connectivity index (χ2v) is 16.6. The number of fused-ring (bicyclic) bond motifs is 2. The predicted octanol–water partition coefficient (Wildman–Crippen LogP) is 4.03. The van der Waals surface area contributed by atoms with E-state index in [-0.39, 0.29) is 55.4 Å². The van der Waals surface area contributed by atoms with E-state index in [0.717, 1.165) is 29.6 Å². The van der Waals surface area contributed by atoms with Crippen molar-refractivity contribution in [1.82, 2.24) is 5.32 Å². The Bertz CT molecular complexity index is 1500. The fourth-order valence-electron chi connectivity index (χ4n) is 8.75. The van der Waals surface area contributed by atoms with E-state index in [0.29, 0.717) is 38.7 Å². The third-order valence-electron chi connectivity index (χ3n) is 11.9. The molecule has 4 rings (SSSR count). The van der Waals surface area contributed by atoms with Gasteiger partial charge >= 0.3 is 11.9 Å². The summed E-state index contributed by atoms with van der Waals surface area (Å²) >= 11 is 0. The summed E-state index contributed by atoms with van der Waals surface area (Å²) in [6.45, 7) is 12.4. The van der Waals surface area contributed by atoms with E-state index in [9.17, 15) is 29.7 Å². The van der Waals surface area contributed by atoms with E-state index in [1.807, 2.05) is 58.0 Å². The molecule has 0 saturated heterocycles. The molecule has 3 aliphatic rings. The Morgan fingerprint density at radius 2 is 1.73 bits per heavy atom. The second-order valence-electron chi connectivity index (χ2n) is 16.6. The van der Waals surface area contributed by atoms with Gasteiger partial charge in [-0.2, -0.15) is 0 Å². The van der Waals surface area contributed by atoms with E-state index in [1.54, 1.807) is 7.11 Å². The zero-order valence-corrected chi connectivity index (χ0v) is 33.9. The summed E-state index contributed by atoms with van der Waals surface area (Å²) in [5.41, 5.74) is 9.23. The molecule has 3 aliphatic carbocycles. The van der Waals surface area contributed by atoms with Crippen molar-refractivity contribution >= 4 is 17.8 Å². The maximum absolute atomic E-state index is 13.2. The van der Waals surface area contributed by atoms with Crippen LogP contribution in [0.2, 0.25) is 0 Å². The number of hydrogen-bond donors (Lipinski definition) is 5. The van der Waals surface area contributed by atoms with Gasteiger partial charge in [-0.3, -0.25) is 9.59 Å². The lowest BCUT2D eigenvalue weighted by molar-refractivity contribution is -0.149. The first-order valence-corrected chi connectivity index (χ1v) is 20.1. The van der Waals surface area contributed by atoms with Crippen LogP contribution in [-0.2, 0) is 39.8 Å². The fraction of sp³-hybridized carbons (Fsp3) is 0.698. The number of benzene rings is 1. The first-order valence-electron chi connectivity index (χ1n) is 20.1. The number of carbonyl (C=O) groups is 3. The summed E-state index contributed by atoms with van der Waals surface area (Å²) in [5.74, 6) is -1.63. The monoisotopic (exact) mass is 770 g/mol. The Labute approximate surface area is 327 Å². The van der Waals surface area contributed by atoms with Gasteiger partial charge in [0.15, 0.2) is 0 Å². The highest BCUT2D eigenvalue weighted by atomic mass is 16.5. The van der Waals surface area contributed by atoms with Crippen LogP contribution in [0.5, 0.6) is 0 Å². The number of carbonyl (C=O) groups excluding carboxylic acids is 3. The summed E-state index contributed by atoms with van der Waals surface area (Å²) in [6.07, 6.45) is 2.24. The van der Waals surface area contributed by atoms with Gasteiger partial charge in [0, 0.05) is 43.9 Å². The number of unbranched alkanes of at least 4 members (excludes halogenated alkanes) is 1. The molecule has 6 N–H and O–H groups in total. The van der Waals surface area contributed by atoms with E-state index in [4.69, 9.17) is 24.7 Å². The molecule has 0 radical (unpaired) electrons. The van der Waals surface area contributed by atoms with Gasteiger partial charge in [0.05, 0.1) is 32.0 Å². The van der Waals surface area contributed by atoms with Crippen LogP contribution in [0.25, 0.3) is 0 Å². The SMILES string of the molecule is COC[C@H]1CC[C@@H]2/C1=C\[C@]1(C)C(=C([C@H](C)COC(C)=O)C[C@@H]1O)[C@@H](OCCCCOC(=O)[C@H](CC(C)C)NC(=O)[C@@H](O)[C@H](N)Cc1ccccc1)[C@H](O)[C@@H]2C. The quantitative estimate of drug-likeness (QED) is 0.0777. The van der Waals surface area contributed by atoms with Crippen molar-refractivity contribution in [3.8, 4) is 0 Å². The molecule has 1 saturated carbocycles. The van der Waals surface area contributed by atoms with Gasteiger partial charge in [-0.25, -0.2) is 4.79 Å². The number of nitrogens with one attached hydrogen (secondary N) is 1. The Morgan fingerprint density at radius 1 is 1.04 bits per heavy atom. The van der Waals surface area contributed by atoms with Gasteiger partial charge in [0.25, 0.3) is 5.91 Å². The summed E-state index contributed by atoms with van der Waals surface area (Å²) in [7, 11) is 1.70. The van der Waals surface area contributed by atoms with Crippen LogP contribution in [0, 0.1) is 35.0 Å². The summed E-state index contributed by atoms with van der Waals surface area (Å²) < 4.78 is 23.2. The number of rotatable bonds is 19. The van der Waals surface area contributed by atoms with Crippen LogP contribution < -0.4 is 11.1 Å². The van der Waals surface area contributed by atoms with Crippen molar-refractivity contribution in [2.75, 3.05) is 33.5 Å². The number of esters is 2. The summed E-state index contributed by atoms with van der Waals surface area (Å²) in [4.78, 5) is 37.9. The highest BCUT2D eigenvalue weighted by Gasteiger charge is 2.53. The molecule has 0 spiro atoms. The fourth-order valence-corrected chi connectivity index (χ4v) is 8.75. The number of aliphatic hydroxyl groups is 3. The zero-order valence-electron chi connectivity index (χ0n) is 33.9. The molecule has 0 heterocycles. The molecule has 1 amide bonds. The smallest absolute Gasteiger partial charge is 0.328 e. The lowest BCUT2D eigenvalue weighted by Gasteiger charge is -2.43. The molecule has 11 atom stereocenters. The number of amides is 1. The van der Waals surface area contributed by atoms with Crippen LogP contribution >= 0.6 is 0 Å². The Morgan fingerprint density at radius 3 is 2.38 bits per heavy atom. The highest BCUT2D eigenvalue weighted by Crippen LogP contribution is 2.55. The number of ether oxygens (including phenoxy) is 4. The minimum atomic E-state index is -1.50. The van der Waals surface area contributed by atoms with Crippen molar-refractivity contribution in [3.05, 3.63) is 58.7 Å². The third kappa shape index (κ3) is 11.3. The minimum absolute atomic E-state index is 0.0655. The van der Waals surface area contributed by atoms with Crippen LogP contribution in [0.15, 0.2) is 53.1 Å². The standard InChI is InChI=1S/C43H66N2O10/c1-25(2)19-35(45-41(50)39(49)34(44)20-29-13-9-8-10-14-29)42(51)54-18-12-11-17-53-40-37-32(26(3)23-55-28(5)46)21-36(47)43(37,6)22-33-30(24-52-7)15-16-31(33)27(4)38(40)48/h8-10,13-14,22,25-27,30-31,34-36,38-40,47-49H,11-12,15-21,23-24,44H2,1-7H3,(H,45,50)/b33-22-/t26-,27-,30-,31+,34-,35+,36+,38-,39+,40-,43+/m1/s1. The van der Waals surface area contributed by atoms with Gasteiger partial charge in [0.1, 0.15) is 18.2 Å². The van der Waals surface area contributed by atoms with Crippen LogP contribution in [0.3, 0.4) is 0 Å². The molecule has 1 fully saturated rings. The molecule has 12 nitrogen and oxygen atoms in total. The van der Waals surface area contributed by atoms with Crippen LogP contribution in [0.1, 0.15) is 85.6 Å². The number of methoxy groups -OCH3 is 1. The number of hydrogen-bond acceptors (Lipinski definition) is 11. The van der Waals surface area contributed by atoms with Crippen molar-refractivity contribution in [3.63, 3.8) is 0 Å². The third-order valence-corrected chi connectivity index (χ3v) is 11.9. The normalized spacial score (nSPS) is 29.6. The van der Waals surface area contributed by atoms with Gasteiger partial charge in [0.2, 0.25) is 0 Å². The van der Waals surface area contributed by atoms with E-state index in [1.165, 1.54) is 12.5 Å². The van der Waals surface area contributed by atoms with E-state index < -0.39 is 53.8 Å². The second kappa shape index (κ2) is 20.3.